The van der Waals surface area contributed by atoms with Crippen LogP contribution in [0.4, 0.5) is 0 Å². The van der Waals surface area contributed by atoms with Crippen LogP contribution in [0.3, 0.4) is 0 Å². The topological polar surface area (TPSA) is 33.1 Å². The van der Waals surface area contributed by atoms with Crippen LogP contribution in [0.5, 0.6) is 0 Å². The zero-order valence-electron chi connectivity index (χ0n) is 8.89. The summed E-state index contributed by atoms with van der Waals surface area (Å²) in [4.78, 5) is 4.04. The van der Waals surface area contributed by atoms with Crippen molar-refractivity contribution in [2.24, 2.45) is 0 Å². The molecule has 0 bridgehead atoms. The van der Waals surface area contributed by atoms with Crippen molar-refractivity contribution < 1.29 is 5.11 Å². The van der Waals surface area contributed by atoms with Crippen LogP contribution in [0.15, 0.2) is 47.2 Å². The maximum atomic E-state index is 10.2. The highest BCUT2D eigenvalue weighted by Crippen LogP contribution is 2.24. The van der Waals surface area contributed by atoms with Gasteiger partial charge < -0.3 is 5.11 Å². The van der Waals surface area contributed by atoms with Crippen LogP contribution in [-0.2, 0) is 0 Å². The molecule has 0 radical (unpaired) electrons. The molecule has 16 heavy (non-hydrogen) atoms. The van der Waals surface area contributed by atoms with E-state index in [9.17, 15) is 5.11 Å². The predicted octanol–water partition coefficient (Wildman–Crippen LogP) is 3.23. The van der Waals surface area contributed by atoms with Crippen LogP contribution in [0.2, 0.25) is 0 Å². The van der Waals surface area contributed by atoms with Gasteiger partial charge in [0, 0.05) is 22.4 Å². The Morgan fingerprint density at radius 1 is 1.19 bits per heavy atom. The predicted molar refractivity (Wildman–Crippen MR) is 67.2 cm³/mol. The van der Waals surface area contributed by atoms with Crippen molar-refractivity contribution in [3.63, 3.8) is 0 Å². The Balaban J connectivity index is 2.35. The van der Waals surface area contributed by atoms with Gasteiger partial charge in [0.25, 0.3) is 0 Å². The lowest BCUT2D eigenvalue weighted by atomic mass is 10.00. The lowest BCUT2D eigenvalue weighted by Gasteiger charge is -2.13. The lowest BCUT2D eigenvalue weighted by molar-refractivity contribution is 0.219. The van der Waals surface area contributed by atoms with Crippen LogP contribution < -0.4 is 0 Å². The van der Waals surface area contributed by atoms with E-state index in [0.29, 0.717) is 0 Å². The van der Waals surface area contributed by atoms with Crippen molar-refractivity contribution in [2.75, 3.05) is 0 Å². The van der Waals surface area contributed by atoms with Gasteiger partial charge in [-0.15, -0.1) is 0 Å². The monoisotopic (exact) mass is 277 g/mol. The highest BCUT2D eigenvalue weighted by atomic mass is 79.9. The van der Waals surface area contributed by atoms with Crippen LogP contribution in [0.25, 0.3) is 0 Å². The van der Waals surface area contributed by atoms with Crippen LogP contribution in [0, 0.1) is 6.92 Å². The van der Waals surface area contributed by atoms with E-state index < -0.39 is 6.10 Å². The van der Waals surface area contributed by atoms with E-state index in [1.807, 2.05) is 37.3 Å². The molecule has 0 aliphatic heterocycles. The molecule has 2 aromatic rings. The Morgan fingerprint density at radius 2 is 1.88 bits per heavy atom. The summed E-state index contributed by atoms with van der Waals surface area (Å²) in [5.41, 5.74) is 2.77. The number of hydrogen-bond acceptors (Lipinski definition) is 2. The fourth-order valence-corrected chi connectivity index (χ4v) is 1.85. The first-order valence-corrected chi connectivity index (χ1v) is 5.82. The second kappa shape index (κ2) is 4.76. The van der Waals surface area contributed by atoms with Gasteiger partial charge in [-0.3, -0.25) is 4.98 Å². The number of hydrogen-bond donors (Lipinski definition) is 1. The molecule has 0 fully saturated rings. The summed E-state index contributed by atoms with van der Waals surface area (Å²) < 4.78 is 1.01. The molecule has 2 rings (SSSR count). The van der Waals surface area contributed by atoms with Gasteiger partial charge in [-0.05, 0) is 36.2 Å². The lowest BCUT2D eigenvalue weighted by Crippen LogP contribution is -2.02. The van der Waals surface area contributed by atoms with E-state index in [-0.39, 0.29) is 0 Å². The third kappa shape index (κ3) is 2.31. The number of benzene rings is 1. The minimum atomic E-state index is -0.609. The molecule has 0 amide bonds. The summed E-state index contributed by atoms with van der Waals surface area (Å²) in [6.07, 6.45) is 2.83. The molecule has 3 heteroatoms. The average Bonchev–Trinajstić information content (AvgIpc) is 2.30. The Labute approximate surface area is 103 Å². The largest absolute Gasteiger partial charge is 0.384 e. The van der Waals surface area contributed by atoms with E-state index in [4.69, 9.17) is 0 Å². The molecule has 1 aromatic heterocycles. The van der Waals surface area contributed by atoms with E-state index in [2.05, 4.69) is 20.9 Å². The van der Waals surface area contributed by atoms with Gasteiger partial charge in [0.1, 0.15) is 6.10 Å². The Bertz CT molecular complexity index is 482. The molecule has 0 aliphatic rings. The van der Waals surface area contributed by atoms with Crippen molar-refractivity contribution in [3.8, 4) is 0 Å². The Kier molecular flexibility index (Phi) is 3.36. The number of rotatable bonds is 2. The van der Waals surface area contributed by atoms with Gasteiger partial charge in [-0.25, -0.2) is 0 Å². The molecule has 1 unspecified atom stereocenters. The van der Waals surface area contributed by atoms with E-state index in [0.717, 1.165) is 21.2 Å². The molecular weight excluding hydrogens is 266 g/mol. The molecule has 2 nitrogen and oxygen atoms in total. The molecule has 0 spiro atoms. The molecule has 1 atom stereocenters. The summed E-state index contributed by atoms with van der Waals surface area (Å²) in [6.45, 7) is 1.97. The molecule has 0 aliphatic carbocycles. The average molecular weight is 278 g/mol. The van der Waals surface area contributed by atoms with Crippen molar-refractivity contribution in [1.82, 2.24) is 4.98 Å². The number of aliphatic hydroxyl groups excluding tert-OH is 1. The summed E-state index contributed by atoms with van der Waals surface area (Å²) >= 11 is 3.37. The SMILES string of the molecule is Cc1ccncc1C(O)c1ccc(Br)cc1. The molecule has 0 saturated carbocycles. The minimum Gasteiger partial charge on any atom is -0.384 e. The Hall–Kier alpha value is -1.19. The van der Waals surface area contributed by atoms with Gasteiger partial charge in [0.05, 0.1) is 0 Å². The third-order valence-electron chi connectivity index (χ3n) is 2.56. The quantitative estimate of drug-likeness (QED) is 0.914. The van der Waals surface area contributed by atoms with E-state index in [1.54, 1.807) is 12.4 Å². The first-order chi connectivity index (χ1) is 7.68. The van der Waals surface area contributed by atoms with Crippen molar-refractivity contribution in [1.29, 1.82) is 0 Å². The summed E-state index contributed by atoms with van der Waals surface area (Å²) in [7, 11) is 0. The summed E-state index contributed by atoms with van der Waals surface area (Å²) in [5, 5.41) is 10.2. The van der Waals surface area contributed by atoms with Crippen molar-refractivity contribution in [2.45, 2.75) is 13.0 Å². The van der Waals surface area contributed by atoms with E-state index >= 15 is 0 Å². The highest BCUT2D eigenvalue weighted by Gasteiger charge is 2.12. The van der Waals surface area contributed by atoms with Gasteiger partial charge in [-0.2, -0.15) is 0 Å². The maximum absolute atomic E-state index is 10.2. The third-order valence-corrected chi connectivity index (χ3v) is 3.09. The molecule has 82 valence electrons. The molecule has 1 N–H and O–H groups in total. The fraction of sp³-hybridized carbons (Fsp3) is 0.154. The van der Waals surface area contributed by atoms with Gasteiger partial charge in [0.2, 0.25) is 0 Å². The number of halogens is 1. The number of aromatic nitrogens is 1. The Morgan fingerprint density at radius 3 is 2.50 bits per heavy atom. The van der Waals surface area contributed by atoms with Crippen LogP contribution >= 0.6 is 15.9 Å². The summed E-state index contributed by atoms with van der Waals surface area (Å²) in [6, 6.07) is 9.55. The van der Waals surface area contributed by atoms with Crippen molar-refractivity contribution >= 4 is 15.9 Å². The zero-order valence-corrected chi connectivity index (χ0v) is 10.5. The number of aryl methyl sites for hydroxylation is 1. The first-order valence-electron chi connectivity index (χ1n) is 5.02. The number of aliphatic hydroxyl groups is 1. The number of nitrogens with zero attached hydrogens (tertiary/aromatic N) is 1. The highest BCUT2D eigenvalue weighted by molar-refractivity contribution is 9.10. The maximum Gasteiger partial charge on any atom is 0.106 e. The first kappa shape index (κ1) is 11.3. The van der Waals surface area contributed by atoms with Gasteiger partial charge in [0.15, 0.2) is 0 Å². The molecule has 1 heterocycles. The molecule has 1 aromatic carbocycles. The molecule has 0 saturated heterocycles. The second-order valence-corrected chi connectivity index (χ2v) is 4.60. The number of pyridine rings is 1. The van der Waals surface area contributed by atoms with Crippen LogP contribution in [-0.4, -0.2) is 10.1 Å². The second-order valence-electron chi connectivity index (χ2n) is 3.69. The van der Waals surface area contributed by atoms with Crippen LogP contribution in [0.1, 0.15) is 22.8 Å². The van der Waals surface area contributed by atoms with Gasteiger partial charge in [-0.1, -0.05) is 28.1 Å². The van der Waals surface area contributed by atoms with E-state index in [1.165, 1.54) is 0 Å². The standard InChI is InChI=1S/C13H12BrNO/c1-9-6-7-15-8-12(9)13(16)10-2-4-11(14)5-3-10/h2-8,13,16H,1H3. The summed E-state index contributed by atoms with van der Waals surface area (Å²) in [5.74, 6) is 0. The fourth-order valence-electron chi connectivity index (χ4n) is 1.59. The zero-order chi connectivity index (χ0) is 11.5. The minimum absolute atomic E-state index is 0.609. The molecular formula is C13H12BrNO. The normalized spacial score (nSPS) is 12.4. The van der Waals surface area contributed by atoms with Crippen molar-refractivity contribution in [3.05, 3.63) is 63.9 Å². The van der Waals surface area contributed by atoms with Gasteiger partial charge >= 0.3 is 0 Å². The smallest absolute Gasteiger partial charge is 0.106 e.